The van der Waals surface area contributed by atoms with Gasteiger partial charge >= 0.3 is 0 Å². The van der Waals surface area contributed by atoms with Crippen molar-refractivity contribution in [1.82, 2.24) is 0 Å². The molecular weight excluding hydrogens is 248 g/mol. The fraction of sp³-hybridized carbons (Fsp3) is 0.571. The summed E-state index contributed by atoms with van der Waals surface area (Å²) in [7, 11) is 0. The van der Waals surface area contributed by atoms with Crippen LogP contribution in [0.1, 0.15) is 38.8 Å². The van der Waals surface area contributed by atoms with E-state index in [1.807, 2.05) is 25.1 Å². The van der Waals surface area contributed by atoms with Crippen molar-refractivity contribution in [3.05, 3.63) is 28.8 Å². The van der Waals surface area contributed by atoms with E-state index in [1.54, 1.807) is 0 Å². The zero-order valence-electron chi connectivity index (χ0n) is 11.4. The molecule has 0 heterocycles. The van der Waals surface area contributed by atoms with Gasteiger partial charge in [0.15, 0.2) is 0 Å². The number of aliphatic hydroxyl groups is 1. The number of aliphatic hydroxyl groups excluding tert-OH is 1. The van der Waals surface area contributed by atoms with Crippen molar-refractivity contribution < 1.29 is 5.11 Å². The summed E-state index contributed by atoms with van der Waals surface area (Å²) < 4.78 is 0. The van der Waals surface area contributed by atoms with Crippen LogP contribution in [0.3, 0.4) is 0 Å². The maximum Gasteiger partial charge on any atom is 0.0642 e. The van der Waals surface area contributed by atoms with Crippen LogP contribution in [0, 0.1) is 0 Å². The lowest BCUT2D eigenvalue weighted by atomic mass is 10.1. The van der Waals surface area contributed by atoms with Crippen LogP contribution in [-0.2, 0) is 0 Å². The van der Waals surface area contributed by atoms with E-state index in [1.165, 1.54) is 0 Å². The lowest BCUT2D eigenvalue weighted by molar-refractivity contribution is 0.288. The lowest BCUT2D eigenvalue weighted by Crippen LogP contribution is -2.32. The smallest absolute Gasteiger partial charge is 0.0642 e. The third kappa shape index (κ3) is 3.87. The highest BCUT2D eigenvalue weighted by Gasteiger charge is 2.14. The van der Waals surface area contributed by atoms with Gasteiger partial charge in [-0.3, -0.25) is 0 Å². The highest BCUT2D eigenvalue weighted by Crippen LogP contribution is 2.30. The molecule has 0 amide bonds. The van der Waals surface area contributed by atoms with Gasteiger partial charge in [-0.05, 0) is 44.9 Å². The molecule has 0 bridgehead atoms. The maximum absolute atomic E-state index is 8.95. The largest absolute Gasteiger partial charge is 0.396 e. The quantitative estimate of drug-likeness (QED) is 0.836. The second kappa shape index (κ2) is 6.98. The maximum atomic E-state index is 8.95. The van der Waals surface area contributed by atoms with Crippen LogP contribution in [0.2, 0.25) is 5.02 Å². The Kier molecular flexibility index (Phi) is 5.93. The van der Waals surface area contributed by atoms with Crippen molar-refractivity contribution in [2.45, 2.75) is 39.3 Å². The summed E-state index contributed by atoms with van der Waals surface area (Å²) in [4.78, 5) is 2.20. The lowest BCUT2D eigenvalue weighted by Gasteiger charge is -2.30. The number of rotatable bonds is 6. The number of nitrogens with two attached hydrogens (primary N) is 1. The van der Waals surface area contributed by atoms with Gasteiger partial charge < -0.3 is 15.7 Å². The summed E-state index contributed by atoms with van der Waals surface area (Å²) in [6, 6.07) is 6.28. The van der Waals surface area contributed by atoms with E-state index < -0.39 is 0 Å². The Morgan fingerprint density at radius 3 is 2.44 bits per heavy atom. The molecule has 1 aromatic rings. The molecule has 1 rings (SSSR count). The molecular formula is C14H23ClN2O. The van der Waals surface area contributed by atoms with Gasteiger partial charge in [0.1, 0.15) is 0 Å². The average Bonchev–Trinajstić information content (AvgIpc) is 2.30. The monoisotopic (exact) mass is 270 g/mol. The molecule has 3 N–H and O–H groups in total. The Labute approximate surface area is 115 Å². The first kappa shape index (κ1) is 15.3. The molecule has 1 atom stereocenters. The molecule has 0 aliphatic heterocycles. The molecule has 0 aliphatic carbocycles. The van der Waals surface area contributed by atoms with Gasteiger partial charge in [0, 0.05) is 25.2 Å². The summed E-state index contributed by atoms with van der Waals surface area (Å²) in [5.74, 6) is 0. The van der Waals surface area contributed by atoms with E-state index in [-0.39, 0.29) is 12.6 Å². The first-order chi connectivity index (χ1) is 8.47. The van der Waals surface area contributed by atoms with E-state index in [0.717, 1.165) is 29.2 Å². The number of halogens is 1. The molecule has 0 saturated heterocycles. The van der Waals surface area contributed by atoms with Crippen LogP contribution in [0.5, 0.6) is 0 Å². The molecule has 18 heavy (non-hydrogen) atoms. The molecule has 0 aromatic heterocycles. The molecule has 3 nitrogen and oxygen atoms in total. The van der Waals surface area contributed by atoms with Crippen molar-refractivity contribution in [3.8, 4) is 0 Å². The average molecular weight is 271 g/mol. The van der Waals surface area contributed by atoms with Crippen molar-refractivity contribution in [2.24, 2.45) is 5.73 Å². The zero-order valence-corrected chi connectivity index (χ0v) is 12.1. The summed E-state index contributed by atoms with van der Waals surface area (Å²) in [6.07, 6.45) is 0.740. The van der Waals surface area contributed by atoms with Gasteiger partial charge in [-0.2, -0.15) is 0 Å². The summed E-state index contributed by atoms with van der Waals surface area (Å²) >= 11 is 6.33. The van der Waals surface area contributed by atoms with Crippen LogP contribution in [0.25, 0.3) is 0 Å². The number of hydrogen-bond acceptors (Lipinski definition) is 3. The first-order valence-corrected chi connectivity index (χ1v) is 6.77. The fourth-order valence-corrected chi connectivity index (χ4v) is 2.23. The van der Waals surface area contributed by atoms with E-state index in [2.05, 4.69) is 18.7 Å². The molecule has 0 aliphatic rings. The van der Waals surface area contributed by atoms with Gasteiger partial charge in [-0.15, -0.1) is 0 Å². The Balaban J connectivity index is 2.98. The topological polar surface area (TPSA) is 49.5 Å². The highest BCUT2D eigenvalue weighted by atomic mass is 35.5. The van der Waals surface area contributed by atoms with Gasteiger partial charge in [0.2, 0.25) is 0 Å². The summed E-state index contributed by atoms with van der Waals surface area (Å²) in [5.41, 5.74) is 7.88. The minimum Gasteiger partial charge on any atom is -0.396 e. The molecule has 102 valence electrons. The molecule has 0 spiro atoms. The second-order valence-corrected chi connectivity index (χ2v) is 5.27. The van der Waals surface area contributed by atoms with Crippen molar-refractivity contribution in [2.75, 3.05) is 18.1 Å². The zero-order chi connectivity index (χ0) is 13.7. The van der Waals surface area contributed by atoms with E-state index in [4.69, 9.17) is 22.4 Å². The second-order valence-electron chi connectivity index (χ2n) is 4.86. The Bertz CT molecular complexity index is 380. The molecule has 4 heteroatoms. The van der Waals surface area contributed by atoms with Crippen molar-refractivity contribution in [1.29, 1.82) is 0 Å². The van der Waals surface area contributed by atoms with Crippen molar-refractivity contribution in [3.63, 3.8) is 0 Å². The minimum atomic E-state index is -0.0125. The molecule has 0 fully saturated rings. The normalized spacial score (nSPS) is 12.8. The van der Waals surface area contributed by atoms with Crippen LogP contribution >= 0.6 is 11.6 Å². The third-order valence-electron chi connectivity index (χ3n) is 2.99. The Morgan fingerprint density at radius 1 is 1.33 bits per heavy atom. The molecule has 0 unspecified atom stereocenters. The molecule has 0 saturated carbocycles. The summed E-state index contributed by atoms with van der Waals surface area (Å²) in [6.45, 7) is 7.17. The van der Waals surface area contributed by atoms with Crippen LogP contribution in [0.15, 0.2) is 18.2 Å². The minimum absolute atomic E-state index is 0.0125. The SMILES string of the molecule is CC(C)N(CCCO)c1ccc([C@@H](C)N)cc1Cl. The Hall–Kier alpha value is -0.770. The predicted molar refractivity (Wildman–Crippen MR) is 78.2 cm³/mol. The van der Waals surface area contributed by atoms with Crippen molar-refractivity contribution >= 4 is 17.3 Å². The number of hydrogen-bond donors (Lipinski definition) is 2. The molecule has 0 radical (unpaired) electrons. The van der Waals surface area contributed by atoms with Gasteiger partial charge in [-0.25, -0.2) is 0 Å². The number of nitrogens with zero attached hydrogens (tertiary/aromatic N) is 1. The third-order valence-corrected chi connectivity index (χ3v) is 3.29. The van der Waals surface area contributed by atoms with Gasteiger partial charge in [0.25, 0.3) is 0 Å². The fourth-order valence-electron chi connectivity index (χ4n) is 1.94. The van der Waals surface area contributed by atoms with Crippen LogP contribution in [0.4, 0.5) is 5.69 Å². The number of benzene rings is 1. The van der Waals surface area contributed by atoms with E-state index in [0.29, 0.717) is 6.04 Å². The van der Waals surface area contributed by atoms with Crippen LogP contribution < -0.4 is 10.6 Å². The number of anilines is 1. The standard InChI is InChI=1S/C14H23ClN2O/c1-10(2)17(7-4-8-18)14-6-5-12(11(3)16)9-13(14)15/h5-6,9-11,18H,4,7-8,16H2,1-3H3/t11-/m1/s1. The van der Waals surface area contributed by atoms with Gasteiger partial charge in [-0.1, -0.05) is 17.7 Å². The van der Waals surface area contributed by atoms with Gasteiger partial charge in [0.05, 0.1) is 10.7 Å². The predicted octanol–water partition coefficient (Wildman–Crippen LogP) is 2.96. The van der Waals surface area contributed by atoms with E-state index >= 15 is 0 Å². The van der Waals surface area contributed by atoms with E-state index in [9.17, 15) is 0 Å². The highest BCUT2D eigenvalue weighted by molar-refractivity contribution is 6.33. The molecule has 1 aromatic carbocycles. The van der Waals surface area contributed by atoms with Crippen LogP contribution in [-0.4, -0.2) is 24.3 Å². The Morgan fingerprint density at radius 2 is 2.00 bits per heavy atom. The summed E-state index contributed by atoms with van der Waals surface area (Å²) in [5, 5.41) is 9.67. The first-order valence-electron chi connectivity index (χ1n) is 6.40.